The molecule has 1 aliphatic heterocycles. The molecule has 1 fully saturated rings. The smallest absolute Gasteiger partial charge is 0.218 e. The van der Waals surface area contributed by atoms with Crippen LogP contribution in [0.15, 0.2) is 24.3 Å². The highest BCUT2D eigenvalue weighted by molar-refractivity contribution is 7.88. The Morgan fingerprint density at radius 2 is 2.05 bits per heavy atom. The van der Waals surface area contributed by atoms with Gasteiger partial charge in [0.25, 0.3) is 0 Å². The molecule has 2 rings (SSSR count). The van der Waals surface area contributed by atoms with Gasteiger partial charge < -0.3 is 5.73 Å². The summed E-state index contributed by atoms with van der Waals surface area (Å²) in [6, 6.07) is 7.18. The van der Waals surface area contributed by atoms with Crippen molar-refractivity contribution in [3.8, 4) is 0 Å². The summed E-state index contributed by atoms with van der Waals surface area (Å²) in [6.45, 7) is 2.59. The minimum atomic E-state index is -3.23. The van der Waals surface area contributed by atoms with E-state index >= 15 is 0 Å². The molecule has 0 spiro atoms. The highest BCUT2D eigenvalue weighted by Gasteiger charge is 2.31. The zero-order valence-electron chi connectivity index (χ0n) is 10.9. The van der Waals surface area contributed by atoms with Crippen LogP contribution >= 0.6 is 12.2 Å². The third-order valence-electron chi connectivity index (χ3n) is 3.44. The second kappa shape index (κ2) is 5.56. The van der Waals surface area contributed by atoms with Gasteiger partial charge >= 0.3 is 0 Å². The molecule has 1 aromatic carbocycles. The predicted molar refractivity (Wildman–Crippen MR) is 80.4 cm³/mol. The number of sulfonamides is 1. The van der Waals surface area contributed by atoms with Crippen LogP contribution in [-0.2, 0) is 15.8 Å². The first-order valence-corrected chi connectivity index (χ1v) is 8.30. The van der Waals surface area contributed by atoms with E-state index in [-0.39, 0.29) is 11.8 Å². The molecule has 1 atom stereocenters. The molecule has 0 saturated carbocycles. The molecular formula is C13H18N2O2S2. The lowest BCUT2D eigenvalue weighted by atomic mass is 10.1. The van der Waals surface area contributed by atoms with Crippen molar-refractivity contribution in [3.63, 3.8) is 0 Å². The van der Waals surface area contributed by atoms with Gasteiger partial charge in [-0.05, 0) is 25.3 Å². The van der Waals surface area contributed by atoms with E-state index < -0.39 is 10.0 Å². The van der Waals surface area contributed by atoms with Crippen LogP contribution in [-0.4, -0.2) is 30.3 Å². The fraction of sp³-hybridized carbons (Fsp3) is 0.462. The Hall–Kier alpha value is -0.980. The van der Waals surface area contributed by atoms with Crippen LogP contribution in [0.3, 0.4) is 0 Å². The predicted octanol–water partition coefficient (Wildman–Crippen LogP) is 1.63. The molecular weight excluding hydrogens is 280 g/mol. The van der Waals surface area contributed by atoms with Crippen molar-refractivity contribution in [2.24, 2.45) is 5.73 Å². The third kappa shape index (κ3) is 3.32. The van der Waals surface area contributed by atoms with Gasteiger partial charge in [0.1, 0.15) is 4.99 Å². The van der Waals surface area contributed by atoms with Crippen LogP contribution in [0.2, 0.25) is 0 Å². The molecule has 104 valence electrons. The van der Waals surface area contributed by atoms with Crippen LogP contribution in [0.5, 0.6) is 0 Å². The minimum Gasteiger partial charge on any atom is -0.389 e. The summed E-state index contributed by atoms with van der Waals surface area (Å²) in [4.78, 5) is 0.322. The Labute approximate surface area is 119 Å². The Kier molecular flexibility index (Phi) is 4.23. The third-order valence-corrected chi connectivity index (χ3v) is 5.63. The largest absolute Gasteiger partial charge is 0.389 e. The maximum Gasteiger partial charge on any atom is 0.218 e. The second-order valence-corrected chi connectivity index (χ2v) is 7.28. The fourth-order valence-corrected chi connectivity index (χ4v) is 4.36. The number of benzene rings is 1. The lowest BCUT2D eigenvalue weighted by molar-refractivity contribution is 0.407. The normalized spacial score (nSPS) is 20.6. The summed E-state index contributed by atoms with van der Waals surface area (Å²) >= 11 is 4.87. The standard InChI is InChI=1S/C13H18N2O2S2/c1-10-3-2-8-15(10)19(16,17)9-11-4-6-12(7-5-11)13(14)18/h4-7,10H,2-3,8-9H2,1H3,(H2,14,18). The molecule has 0 bridgehead atoms. The van der Waals surface area contributed by atoms with E-state index in [1.54, 1.807) is 28.6 Å². The molecule has 0 amide bonds. The first-order chi connectivity index (χ1) is 8.90. The summed E-state index contributed by atoms with van der Waals surface area (Å²) in [5.74, 6) is 0.0367. The Morgan fingerprint density at radius 3 is 2.53 bits per heavy atom. The molecule has 1 saturated heterocycles. The molecule has 1 aliphatic rings. The molecule has 1 unspecified atom stereocenters. The number of thiocarbonyl (C=S) groups is 1. The molecule has 1 heterocycles. The van der Waals surface area contributed by atoms with E-state index in [1.807, 2.05) is 6.92 Å². The molecule has 19 heavy (non-hydrogen) atoms. The topological polar surface area (TPSA) is 63.4 Å². The van der Waals surface area contributed by atoms with Gasteiger partial charge in [-0.15, -0.1) is 0 Å². The molecule has 0 radical (unpaired) electrons. The molecule has 1 aromatic rings. The average molecular weight is 298 g/mol. The maximum atomic E-state index is 12.3. The van der Waals surface area contributed by atoms with E-state index in [4.69, 9.17) is 18.0 Å². The van der Waals surface area contributed by atoms with Crippen molar-refractivity contribution in [2.45, 2.75) is 31.6 Å². The fourth-order valence-electron chi connectivity index (χ4n) is 2.38. The van der Waals surface area contributed by atoms with E-state index in [2.05, 4.69) is 0 Å². The lowest BCUT2D eigenvalue weighted by Crippen LogP contribution is -2.34. The Morgan fingerprint density at radius 1 is 1.42 bits per heavy atom. The molecule has 0 aromatic heterocycles. The SMILES string of the molecule is CC1CCCN1S(=O)(=O)Cc1ccc(C(N)=S)cc1. The van der Waals surface area contributed by atoms with Crippen molar-refractivity contribution >= 4 is 27.2 Å². The lowest BCUT2D eigenvalue weighted by Gasteiger charge is -2.20. The van der Waals surface area contributed by atoms with Gasteiger partial charge in [-0.1, -0.05) is 36.5 Å². The van der Waals surface area contributed by atoms with E-state index in [9.17, 15) is 8.42 Å². The molecule has 6 heteroatoms. The monoisotopic (exact) mass is 298 g/mol. The van der Waals surface area contributed by atoms with E-state index in [1.165, 1.54) is 0 Å². The first-order valence-electron chi connectivity index (χ1n) is 6.28. The van der Waals surface area contributed by atoms with Crippen molar-refractivity contribution in [2.75, 3.05) is 6.54 Å². The minimum absolute atomic E-state index is 0.0367. The quantitative estimate of drug-likeness (QED) is 0.858. The van der Waals surface area contributed by atoms with Gasteiger partial charge in [0, 0.05) is 18.2 Å². The number of hydrogen-bond donors (Lipinski definition) is 1. The van der Waals surface area contributed by atoms with Gasteiger partial charge in [-0.3, -0.25) is 0 Å². The second-order valence-electron chi connectivity index (χ2n) is 4.92. The first kappa shape index (κ1) is 14.4. The number of rotatable bonds is 4. The van der Waals surface area contributed by atoms with Crippen LogP contribution < -0.4 is 5.73 Å². The van der Waals surface area contributed by atoms with Crippen LogP contribution in [0.4, 0.5) is 0 Å². The van der Waals surface area contributed by atoms with Gasteiger partial charge in [0.15, 0.2) is 0 Å². The summed E-state index contributed by atoms with van der Waals surface area (Å²) < 4.78 is 26.2. The maximum absolute atomic E-state index is 12.3. The Bertz CT molecular complexity index is 567. The molecule has 4 nitrogen and oxygen atoms in total. The summed E-state index contributed by atoms with van der Waals surface area (Å²) in [5.41, 5.74) is 7.03. The Balaban J connectivity index is 2.14. The van der Waals surface area contributed by atoms with Gasteiger partial charge in [0.05, 0.1) is 5.75 Å². The summed E-state index contributed by atoms with van der Waals surface area (Å²) in [5, 5.41) is 0. The van der Waals surface area contributed by atoms with Crippen molar-refractivity contribution in [3.05, 3.63) is 35.4 Å². The highest BCUT2D eigenvalue weighted by atomic mass is 32.2. The van der Waals surface area contributed by atoms with Crippen LogP contribution in [0.1, 0.15) is 30.9 Å². The van der Waals surface area contributed by atoms with Gasteiger partial charge in [-0.25, -0.2) is 8.42 Å². The zero-order chi connectivity index (χ0) is 14.0. The van der Waals surface area contributed by atoms with Crippen LogP contribution in [0, 0.1) is 0 Å². The van der Waals surface area contributed by atoms with Gasteiger partial charge in [0.2, 0.25) is 10.0 Å². The number of hydrogen-bond acceptors (Lipinski definition) is 3. The highest BCUT2D eigenvalue weighted by Crippen LogP contribution is 2.23. The number of nitrogens with two attached hydrogens (primary N) is 1. The molecule has 2 N–H and O–H groups in total. The van der Waals surface area contributed by atoms with Crippen molar-refractivity contribution < 1.29 is 8.42 Å². The van der Waals surface area contributed by atoms with Crippen LogP contribution in [0.25, 0.3) is 0 Å². The summed E-state index contributed by atoms with van der Waals surface area (Å²) in [7, 11) is -3.23. The van der Waals surface area contributed by atoms with Crippen molar-refractivity contribution in [1.82, 2.24) is 4.31 Å². The average Bonchev–Trinajstić information content (AvgIpc) is 2.76. The summed E-state index contributed by atoms with van der Waals surface area (Å²) in [6.07, 6.45) is 1.89. The van der Waals surface area contributed by atoms with Crippen molar-refractivity contribution in [1.29, 1.82) is 0 Å². The van der Waals surface area contributed by atoms with Gasteiger partial charge in [-0.2, -0.15) is 4.31 Å². The van der Waals surface area contributed by atoms with E-state index in [0.29, 0.717) is 11.5 Å². The zero-order valence-corrected chi connectivity index (χ0v) is 12.5. The van der Waals surface area contributed by atoms with E-state index in [0.717, 1.165) is 24.0 Å². The molecule has 0 aliphatic carbocycles. The number of nitrogens with zero attached hydrogens (tertiary/aromatic N) is 1.